The molecule has 0 amide bonds. The zero-order valence-electron chi connectivity index (χ0n) is 15.2. The van der Waals surface area contributed by atoms with Crippen LogP contribution in [0.15, 0.2) is 33.9 Å². The molecule has 1 atom stereocenters. The Kier molecular flexibility index (Phi) is 4.12. The van der Waals surface area contributed by atoms with Gasteiger partial charge in [0.1, 0.15) is 0 Å². The molecule has 1 unspecified atom stereocenters. The molecule has 142 valence electrons. The van der Waals surface area contributed by atoms with E-state index in [9.17, 15) is 14.7 Å². The molecule has 1 aliphatic rings. The average Bonchev–Trinajstić information content (AvgIpc) is 3.23. The summed E-state index contributed by atoms with van der Waals surface area (Å²) in [5.41, 5.74) is 1.68. The van der Waals surface area contributed by atoms with Crippen LogP contribution in [0.3, 0.4) is 0 Å². The van der Waals surface area contributed by atoms with Crippen molar-refractivity contribution in [2.24, 2.45) is 7.05 Å². The lowest BCUT2D eigenvalue weighted by atomic mass is 10.2. The van der Waals surface area contributed by atoms with Gasteiger partial charge < -0.3 is 19.7 Å². The largest absolute Gasteiger partial charge is 0.394 e. The summed E-state index contributed by atoms with van der Waals surface area (Å²) in [7, 11) is 1.55. The minimum absolute atomic E-state index is 0.264. The van der Waals surface area contributed by atoms with Gasteiger partial charge in [-0.2, -0.15) is 4.98 Å². The van der Waals surface area contributed by atoms with Crippen LogP contribution in [0, 0.1) is 6.92 Å². The highest BCUT2D eigenvalue weighted by atomic mass is 16.3. The Labute approximate surface area is 154 Å². The van der Waals surface area contributed by atoms with Crippen LogP contribution in [0.2, 0.25) is 0 Å². The van der Waals surface area contributed by atoms with E-state index in [0.717, 1.165) is 15.8 Å². The first-order valence-electron chi connectivity index (χ1n) is 8.75. The maximum Gasteiger partial charge on any atom is 0.332 e. The van der Waals surface area contributed by atoms with E-state index in [1.165, 1.54) is 4.57 Å². The number of aliphatic hydroxyl groups excluding tert-OH is 2. The SMILES string of the molecule is Cc1ccc(N2CCn3c2nc2c3c(=O)n(CC(O)CO)c(=O)n2C)cc1. The normalized spacial score (nSPS) is 14.7. The predicted molar refractivity (Wildman–Crippen MR) is 101 cm³/mol. The molecule has 9 nitrogen and oxygen atoms in total. The quantitative estimate of drug-likeness (QED) is 0.653. The number of fused-ring (bicyclic) bond motifs is 3. The standard InChI is InChI=1S/C18H21N5O4/c1-11-3-5-12(6-4-11)21-7-8-22-14-15(19-17(21)22)20(2)18(27)23(16(14)26)9-13(25)10-24/h3-6,13,24-25H,7-10H2,1-2H3. The fourth-order valence-electron chi connectivity index (χ4n) is 3.48. The van der Waals surface area contributed by atoms with E-state index in [1.54, 1.807) is 11.6 Å². The molecule has 3 aromatic rings. The van der Waals surface area contributed by atoms with Crippen molar-refractivity contribution in [1.29, 1.82) is 0 Å². The molecule has 0 fully saturated rings. The van der Waals surface area contributed by atoms with Crippen LogP contribution in [0.25, 0.3) is 11.2 Å². The van der Waals surface area contributed by atoms with E-state index in [1.807, 2.05) is 36.1 Å². The van der Waals surface area contributed by atoms with Crippen LogP contribution in [-0.4, -0.2) is 48.2 Å². The van der Waals surface area contributed by atoms with Gasteiger partial charge in [-0.15, -0.1) is 0 Å². The number of hydrogen-bond acceptors (Lipinski definition) is 6. The lowest BCUT2D eigenvalue weighted by molar-refractivity contribution is 0.0791. The molecule has 0 saturated carbocycles. The number of nitrogens with zero attached hydrogens (tertiary/aromatic N) is 5. The number of aryl methyl sites for hydroxylation is 2. The van der Waals surface area contributed by atoms with E-state index in [-0.39, 0.29) is 6.54 Å². The third-order valence-electron chi connectivity index (χ3n) is 4.95. The minimum Gasteiger partial charge on any atom is -0.394 e. The molecule has 0 radical (unpaired) electrons. The van der Waals surface area contributed by atoms with Crippen molar-refractivity contribution in [2.75, 3.05) is 18.1 Å². The molecule has 2 N–H and O–H groups in total. The Bertz CT molecular complexity index is 1130. The number of hydrogen-bond donors (Lipinski definition) is 2. The van der Waals surface area contributed by atoms with Gasteiger partial charge >= 0.3 is 5.69 Å². The van der Waals surface area contributed by atoms with Crippen LogP contribution in [0.5, 0.6) is 0 Å². The second kappa shape index (κ2) is 6.36. The summed E-state index contributed by atoms with van der Waals surface area (Å²) in [4.78, 5) is 32.1. The van der Waals surface area contributed by atoms with Gasteiger partial charge in [0.15, 0.2) is 11.2 Å². The molecular formula is C18H21N5O4. The van der Waals surface area contributed by atoms with E-state index in [2.05, 4.69) is 4.98 Å². The topological polar surface area (TPSA) is 106 Å². The van der Waals surface area contributed by atoms with Crippen LogP contribution < -0.4 is 16.1 Å². The van der Waals surface area contributed by atoms with Crippen LogP contribution in [-0.2, 0) is 20.1 Å². The first-order chi connectivity index (χ1) is 12.9. The smallest absolute Gasteiger partial charge is 0.332 e. The maximum absolute atomic E-state index is 12.9. The van der Waals surface area contributed by atoms with Crippen molar-refractivity contribution in [3.63, 3.8) is 0 Å². The Hall–Kier alpha value is -2.91. The highest BCUT2D eigenvalue weighted by Crippen LogP contribution is 2.31. The van der Waals surface area contributed by atoms with Crippen LogP contribution >= 0.6 is 0 Å². The number of rotatable bonds is 4. The molecule has 2 aromatic heterocycles. The molecule has 27 heavy (non-hydrogen) atoms. The lowest BCUT2D eigenvalue weighted by Gasteiger charge is -2.16. The number of imidazole rings is 1. The summed E-state index contributed by atoms with van der Waals surface area (Å²) in [6.07, 6.45) is -1.18. The molecule has 9 heteroatoms. The van der Waals surface area contributed by atoms with Crippen molar-refractivity contribution in [3.8, 4) is 0 Å². The van der Waals surface area contributed by atoms with Crippen molar-refractivity contribution in [3.05, 3.63) is 50.7 Å². The molecule has 0 aliphatic carbocycles. The summed E-state index contributed by atoms with van der Waals surface area (Å²) in [6.45, 7) is 2.46. The van der Waals surface area contributed by atoms with Gasteiger partial charge in [0.2, 0.25) is 5.95 Å². The maximum atomic E-state index is 12.9. The van der Waals surface area contributed by atoms with Gasteiger partial charge in [-0.25, -0.2) is 4.79 Å². The van der Waals surface area contributed by atoms with E-state index in [4.69, 9.17) is 5.11 Å². The second-order valence-corrected chi connectivity index (χ2v) is 6.82. The Morgan fingerprint density at radius 3 is 2.56 bits per heavy atom. The molecule has 0 bridgehead atoms. The Morgan fingerprint density at radius 1 is 1.19 bits per heavy atom. The Balaban J connectivity index is 1.90. The highest BCUT2D eigenvalue weighted by molar-refractivity contribution is 5.77. The highest BCUT2D eigenvalue weighted by Gasteiger charge is 2.28. The first-order valence-corrected chi connectivity index (χ1v) is 8.75. The zero-order valence-corrected chi connectivity index (χ0v) is 15.2. The van der Waals surface area contributed by atoms with E-state index >= 15 is 0 Å². The van der Waals surface area contributed by atoms with Crippen molar-refractivity contribution in [1.82, 2.24) is 18.7 Å². The van der Waals surface area contributed by atoms with Gasteiger partial charge in [0.05, 0.1) is 19.3 Å². The monoisotopic (exact) mass is 371 g/mol. The van der Waals surface area contributed by atoms with Gasteiger partial charge in [-0.3, -0.25) is 13.9 Å². The molecule has 1 aliphatic heterocycles. The number of anilines is 2. The fraction of sp³-hybridized carbons (Fsp3) is 0.389. The van der Waals surface area contributed by atoms with E-state index in [0.29, 0.717) is 30.2 Å². The van der Waals surface area contributed by atoms with Crippen molar-refractivity contribution in [2.45, 2.75) is 26.1 Å². The molecule has 4 rings (SSSR count). The van der Waals surface area contributed by atoms with Crippen LogP contribution in [0.4, 0.5) is 11.6 Å². The summed E-state index contributed by atoms with van der Waals surface area (Å²) >= 11 is 0. The molecule has 1 aromatic carbocycles. The number of aromatic nitrogens is 4. The zero-order chi connectivity index (χ0) is 19.3. The minimum atomic E-state index is -1.18. The summed E-state index contributed by atoms with van der Waals surface area (Å²) < 4.78 is 4.06. The molecule has 0 saturated heterocycles. The number of aliphatic hydroxyl groups is 2. The van der Waals surface area contributed by atoms with E-state index < -0.39 is 24.0 Å². The van der Waals surface area contributed by atoms with Gasteiger partial charge in [-0.1, -0.05) is 17.7 Å². The molecule has 3 heterocycles. The fourth-order valence-corrected chi connectivity index (χ4v) is 3.48. The number of benzene rings is 1. The van der Waals surface area contributed by atoms with Crippen molar-refractivity contribution < 1.29 is 10.2 Å². The Morgan fingerprint density at radius 2 is 1.89 bits per heavy atom. The second-order valence-electron chi connectivity index (χ2n) is 6.82. The van der Waals surface area contributed by atoms with Gasteiger partial charge in [0.25, 0.3) is 5.56 Å². The van der Waals surface area contributed by atoms with Crippen molar-refractivity contribution >= 4 is 22.8 Å². The molecular weight excluding hydrogens is 350 g/mol. The summed E-state index contributed by atoms with van der Waals surface area (Å²) in [5.74, 6) is 0.612. The van der Waals surface area contributed by atoms with Gasteiger partial charge in [0, 0.05) is 25.8 Å². The third-order valence-corrected chi connectivity index (χ3v) is 4.95. The van der Waals surface area contributed by atoms with Gasteiger partial charge in [-0.05, 0) is 19.1 Å². The third kappa shape index (κ3) is 2.66. The first kappa shape index (κ1) is 17.5. The summed E-state index contributed by atoms with van der Waals surface area (Å²) in [6, 6.07) is 8.03. The summed E-state index contributed by atoms with van der Waals surface area (Å²) in [5, 5.41) is 18.7. The predicted octanol–water partition coefficient (Wildman–Crippen LogP) is -0.290. The molecule has 0 spiro atoms. The average molecular weight is 371 g/mol. The van der Waals surface area contributed by atoms with Crippen LogP contribution in [0.1, 0.15) is 5.56 Å². The lowest BCUT2D eigenvalue weighted by Crippen LogP contribution is -2.42.